The third kappa shape index (κ3) is 8.74. The van der Waals surface area contributed by atoms with Gasteiger partial charge in [0, 0.05) is 33.8 Å². The van der Waals surface area contributed by atoms with Gasteiger partial charge in [-0.1, -0.05) is 23.3 Å². The molecular formula is C35H37ClO8. The van der Waals surface area contributed by atoms with Crippen LogP contribution < -0.4 is 10.2 Å². The van der Waals surface area contributed by atoms with Gasteiger partial charge in [-0.05, 0) is 103 Å². The van der Waals surface area contributed by atoms with E-state index in [2.05, 4.69) is 0 Å². The molecule has 0 aliphatic carbocycles. The number of aryl methyl sites for hydroxylation is 1. The van der Waals surface area contributed by atoms with Gasteiger partial charge >= 0.3 is 5.97 Å². The minimum Gasteiger partial charge on any atom is -0.507 e. The van der Waals surface area contributed by atoms with Crippen LogP contribution in [0.5, 0.6) is 17.2 Å². The van der Waals surface area contributed by atoms with Crippen LogP contribution >= 0.6 is 11.6 Å². The standard InChI is InChI=1S/C20H21ClO4.C15H16O4/c1-13(2)24-19(23)20(3,4)25-17-11-7-15(8-12-17)18(22)14-5-9-16(21)10-6-14;1-8(2)4-5-10-11(16)7-13-14(15(10)18)12(17)6-9(3)19-13/h5-13H,1-4H3;4,6-7,16,18H,5H2,1-3H3. The molecule has 0 aliphatic rings. The number of halogens is 1. The van der Waals surface area contributed by atoms with Gasteiger partial charge < -0.3 is 24.1 Å². The number of fused-ring (bicyclic) bond motifs is 1. The number of phenolic OH excluding ortho intramolecular Hbond substituents is 2. The number of ketones is 1. The van der Waals surface area contributed by atoms with E-state index in [1.807, 2.05) is 19.9 Å². The van der Waals surface area contributed by atoms with E-state index in [-0.39, 0.29) is 39.8 Å². The fourth-order valence-corrected chi connectivity index (χ4v) is 4.22. The smallest absolute Gasteiger partial charge is 0.350 e. The van der Waals surface area contributed by atoms with E-state index in [1.54, 1.807) is 83.1 Å². The Morgan fingerprint density at radius 1 is 0.977 bits per heavy atom. The summed E-state index contributed by atoms with van der Waals surface area (Å²) >= 11 is 5.84. The lowest BCUT2D eigenvalue weighted by Crippen LogP contribution is -2.40. The molecule has 0 saturated heterocycles. The maximum atomic E-state index is 12.4. The molecule has 0 fully saturated rings. The molecule has 0 spiro atoms. The second-order valence-corrected chi connectivity index (χ2v) is 11.7. The second-order valence-electron chi connectivity index (χ2n) is 11.2. The van der Waals surface area contributed by atoms with Crippen LogP contribution in [0.4, 0.5) is 0 Å². The number of hydrogen-bond donors (Lipinski definition) is 2. The molecule has 0 aliphatic heterocycles. The van der Waals surface area contributed by atoms with E-state index in [0.717, 1.165) is 5.57 Å². The zero-order valence-electron chi connectivity index (χ0n) is 25.9. The summed E-state index contributed by atoms with van der Waals surface area (Å²) in [6.07, 6.45) is 2.02. The lowest BCUT2D eigenvalue weighted by atomic mass is 10.0. The number of hydrogen-bond acceptors (Lipinski definition) is 8. The van der Waals surface area contributed by atoms with Crippen molar-refractivity contribution in [1.82, 2.24) is 0 Å². The van der Waals surface area contributed by atoms with E-state index in [4.69, 9.17) is 25.5 Å². The van der Waals surface area contributed by atoms with Gasteiger partial charge in [-0.2, -0.15) is 0 Å². The Morgan fingerprint density at radius 2 is 1.55 bits per heavy atom. The average Bonchev–Trinajstić information content (AvgIpc) is 2.92. The normalized spacial score (nSPS) is 11.0. The third-order valence-corrected chi connectivity index (χ3v) is 6.59. The highest BCUT2D eigenvalue weighted by Gasteiger charge is 2.32. The lowest BCUT2D eigenvalue weighted by Gasteiger charge is -2.25. The summed E-state index contributed by atoms with van der Waals surface area (Å²) in [7, 11) is 0. The summed E-state index contributed by atoms with van der Waals surface area (Å²) < 4.78 is 16.3. The largest absolute Gasteiger partial charge is 0.507 e. The topological polar surface area (TPSA) is 123 Å². The van der Waals surface area contributed by atoms with Crippen LogP contribution in [0.2, 0.25) is 5.02 Å². The Balaban J connectivity index is 0.000000249. The molecule has 8 nitrogen and oxygen atoms in total. The van der Waals surface area contributed by atoms with Crippen molar-refractivity contribution < 1.29 is 33.7 Å². The van der Waals surface area contributed by atoms with Crippen molar-refractivity contribution in [3.8, 4) is 17.2 Å². The Labute approximate surface area is 261 Å². The van der Waals surface area contributed by atoms with Crippen molar-refractivity contribution in [3.05, 3.63) is 110 Å². The summed E-state index contributed by atoms with van der Waals surface area (Å²) in [4.78, 5) is 36.4. The molecule has 4 rings (SSSR count). The molecule has 1 aromatic heterocycles. The number of rotatable bonds is 8. The summed E-state index contributed by atoms with van der Waals surface area (Å²) in [5.41, 5.74) is 1.25. The number of aromatic hydroxyl groups is 2. The molecule has 44 heavy (non-hydrogen) atoms. The molecule has 4 aromatic rings. The third-order valence-electron chi connectivity index (χ3n) is 6.34. The molecule has 2 N–H and O–H groups in total. The molecule has 0 bridgehead atoms. The second kappa shape index (κ2) is 14.3. The highest BCUT2D eigenvalue weighted by Crippen LogP contribution is 2.35. The number of esters is 1. The van der Waals surface area contributed by atoms with Crippen LogP contribution in [-0.4, -0.2) is 33.7 Å². The SMILES string of the molecule is CC(C)=CCc1c(O)cc2oc(C)cc(=O)c2c1O.CC(C)OC(=O)C(C)(C)Oc1ccc(C(=O)c2ccc(Cl)cc2)cc1. The van der Waals surface area contributed by atoms with E-state index >= 15 is 0 Å². The first kappa shape index (κ1) is 33.9. The molecule has 232 valence electrons. The summed E-state index contributed by atoms with van der Waals surface area (Å²) in [6, 6.07) is 16.1. The Bertz CT molecular complexity index is 1730. The molecule has 1 heterocycles. The summed E-state index contributed by atoms with van der Waals surface area (Å²) in [6.45, 7) is 12.3. The average molecular weight is 621 g/mol. The van der Waals surface area contributed by atoms with E-state index < -0.39 is 11.6 Å². The zero-order chi connectivity index (χ0) is 32.8. The molecule has 0 saturated carbocycles. The monoisotopic (exact) mass is 620 g/mol. The Hall–Kier alpha value is -4.56. The van der Waals surface area contributed by atoms with Crippen molar-refractivity contribution in [2.75, 3.05) is 0 Å². The maximum Gasteiger partial charge on any atom is 0.350 e. The molecule has 0 unspecified atom stereocenters. The highest BCUT2D eigenvalue weighted by molar-refractivity contribution is 6.30. The fraction of sp³-hybridized carbons (Fsp3) is 0.286. The predicted octanol–water partition coefficient (Wildman–Crippen LogP) is 7.70. The van der Waals surface area contributed by atoms with E-state index in [1.165, 1.54) is 12.1 Å². The van der Waals surface area contributed by atoms with Crippen molar-refractivity contribution >= 4 is 34.3 Å². The number of phenols is 2. The van der Waals surface area contributed by atoms with Crippen LogP contribution in [0, 0.1) is 6.92 Å². The van der Waals surface area contributed by atoms with E-state index in [0.29, 0.717) is 39.6 Å². The van der Waals surface area contributed by atoms with Crippen molar-refractivity contribution in [2.45, 2.75) is 66.6 Å². The summed E-state index contributed by atoms with van der Waals surface area (Å²) in [5.74, 6) is 0.0923. The molecule has 0 radical (unpaired) electrons. The van der Waals surface area contributed by atoms with Gasteiger partial charge in [0.25, 0.3) is 0 Å². The van der Waals surface area contributed by atoms with Crippen molar-refractivity contribution in [2.24, 2.45) is 0 Å². The van der Waals surface area contributed by atoms with Crippen molar-refractivity contribution in [1.29, 1.82) is 0 Å². The molecule has 3 aromatic carbocycles. The first-order valence-electron chi connectivity index (χ1n) is 14.0. The first-order chi connectivity index (χ1) is 20.6. The summed E-state index contributed by atoms with van der Waals surface area (Å²) in [5, 5.41) is 20.8. The van der Waals surface area contributed by atoms with Gasteiger partial charge in [0.15, 0.2) is 16.8 Å². The zero-order valence-corrected chi connectivity index (χ0v) is 26.6. The van der Waals surface area contributed by atoms with Gasteiger partial charge in [-0.15, -0.1) is 0 Å². The highest BCUT2D eigenvalue weighted by atomic mass is 35.5. The minimum absolute atomic E-state index is 0.0729. The quantitative estimate of drug-likeness (QED) is 0.117. The molecule has 9 heteroatoms. The van der Waals surface area contributed by atoms with Gasteiger partial charge in [0.2, 0.25) is 0 Å². The van der Waals surface area contributed by atoms with Crippen LogP contribution in [0.1, 0.15) is 68.8 Å². The fourth-order valence-electron chi connectivity index (χ4n) is 4.09. The number of carbonyl (C=O) groups excluding carboxylic acids is 2. The number of benzene rings is 3. The maximum absolute atomic E-state index is 12.4. The van der Waals surface area contributed by atoms with Gasteiger partial charge in [0.05, 0.1) is 6.10 Å². The predicted molar refractivity (Wildman–Crippen MR) is 171 cm³/mol. The van der Waals surface area contributed by atoms with Crippen LogP contribution in [-0.2, 0) is 16.0 Å². The number of carbonyl (C=O) groups is 2. The van der Waals surface area contributed by atoms with E-state index in [9.17, 15) is 24.6 Å². The Kier molecular flexibility index (Phi) is 11.0. The van der Waals surface area contributed by atoms with Gasteiger partial charge in [0.1, 0.15) is 34.0 Å². The Morgan fingerprint density at radius 3 is 2.09 bits per heavy atom. The molecular weight excluding hydrogens is 584 g/mol. The van der Waals surface area contributed by atoms with Gasteiger partial charge in [-0.3, -0.25) is 9.59 Å². The van der Waals surface area contributed by atoms with Crippen LogP contribution in [0.15, 0.2) is 81.5 Å². The number of allylic oxidation sites excluding steroid dienone is 2. The first-order valence-corrected chi connectivity index (χ1v) is 14.4. The van der Waals surface area contributed by atoms with Crippen LogP contribution in [0.25, 0.3) is 11.0 Å². The van der Waals surface area contributed by atoms with Gasteiger partial charge in [-0.25, -0.2) is 4.79 Å². The number of ether oxygens (including phenoxy) is 2. The van der Waals surface area contributed by atoms with Crippen molar-refractivity contribution in [3.63, 3.8) is 0 Å². The van der Waals surface area contributed by atoms with Crippen LogP contribution in [0.3, 0.4) is 0 Å². The minimum atomic E-state index is -1.12. The molecule has 0 amide bonds. The lowest BCUT2D eigenvalue weighted by molar-refractivity contribution is -0.163. The molecule has 0 atom stereocenters.